The molecule has 28 heavy (non-hydrogen) atoms. The minimum Gasteiger partial charge on any atom is -0.376 e. The largest absolute Gasteiger partial charge is 0.376 e. The van der Waals surface area contributed by atoms with E-state index < -0.39 is 0 Å². The average molecular weight is 385 g/mol. The Balaban J connectivity index is 1.41. The van der Waals surface area contributed by atoms with Crippen molar-refractivity contribution in [1.82, 2.24) is 5.32 Å². The Morgan fingerprint density at radius 1 is 1.14 bits per heavy atom. The van der Waals surface area contributed by atoms with Gasteiger partial charge in [0.1, 0.15) is 5.69 Å². The number of hydrogen-bond acceptors (Lipinski definition) is 5. The van der Waals surface area contributed by atoms with Crippen LogP contribution in [-0.2, 0) is 0 Å². The summed E-state index contributed by atoms with van der Waals surface area (Å²) in [5.41, 5.74) is 2.32. The van der Waals surface area contributed by atoms with Crippen LogP contribution in [0.5, 0.6) is 0 Å². The molecule has 1 aromatic carbocycles. The van der Waals surface area contributed by atoms with E-state index in [4.69, 9.17) is 0 Å². The first-order valence-corrected chi connectivity index (χ1v) is 11.0. The molecule has 5 fully saturated rings. The molecule has 0 amide bonds. The van der Waals surface area contributed by atoms with Crippen LogP contribution in [0.1, 0.15) is 45.4 Å². The van der Waals surface area contributed by atoms with Crippen LogP contribution < -0.4 is 15.5 Å². The van der Waals surface area contributed by atoms with Crippen molar-refractivity contribution in [2.24, 2.45) is 23.2 Å². The molecule has 0 spiro atoms. The first-order valence-electron chi connectivity index (χ1n) is 11.0. The number of nitrogens with zero attached hydrogens (tertiary/aromatic N) is 2. The maximum Gasteiger partial charge on any atom is 0.292 e. The topological polar surface area (TPSA) is 70.4 Å². The van der Waals surface area contributed by atoms with Gasteiger partial charge in [0.25, 0.3) is 5.69 Å². The van der Waals surface area contributed by atoms with Crippen LogP contribution >= 0.6 is 0 Å². The summed E-state index contributed by atoms with van der Waals surface area (Å²) in [5, 5.41) is 18.7. The first kappa shape index (κ1) is 18.2. The first-order chi connectivity index (χ1) is 13.5. The molecule has 6 nitrogen and oxygen atoms in total. The molecule has 1 atom stereocenters. The summed E-state index contributed by atoms with van der Waals surface area (Å²) in [6.45, 7) is 6.09. The molecular weight excluding hydrogens is 352 g/mol. The Kier molecular flexibility index (Phi) is 4.49. The minimum atomic E-state index is -0.240. The summed E-state index contributed by atoms with van der Waals surface area (Å²) in [7, 11) is 0. The zero-order valence-electron chi connectivity index (χ0n) is 16.8. The predicted molar refractivity (Wildman–Crippen MR) is 112 cm³/mol. The predicted octanol–water partition coefficient (Wildman–Crippen LogP) is 4.02. The number of piperazine rings is 1. The van der Waals surface area contributed by atoms with Crippen LogP contribution in [0.25, 0.3) is 0 Å². The van der Waals surface area contributed by atoms with Gasteiger partial charge in [-0.15, -0.1) is 0 Å². The van der Waals surface area contributed by atoms with Crippen LogP contribution in [0.15, 0.2) is 18.2 Å². The third-order valence-electron chi connectivity index (χ3n) is 8.04. The number of hydrogen-bond donors (Lipinski definition) is 2. The highest BCUT2D eigenvalue weighted by Crippen LogP contribution is 2.61. The van der Waals surface area contributed by atoms with Gasteiger partial charge in [-0.3, -0.25) is 10.1 Å². The number of nitrogens with one attached hydrogen (secondary N) is 2. The lowest BCUT2D eigenvalue weighted by Gasteiger charge is -2.59. The number of nitro groups is 1. The molecule has 1 aromatic rings. The van der Waals surface area contributed by atoms with Gasteiger partial charge < -0.3 is 15.5 Å². The van der Waals surface area contributed by atoms with Gasteiger partial charge >= 0.3 is 0 Å². The molecule has 2 N–H and O–H groups in total. The van der Waals surface area contributed by atoms with Gasteiger partial charge in [-0.25, -0.2) is 0 Å². The van der Waals surface area contributed by atoms with Gasteiger partial charge in [0.15, 0.2) is 0 Å². The average Bonchev–Trinajstić information content (AvgIpc) is 2.67. The molecule has 0 aromatic heterocycles. The van der Waals surface area contributed by atoms with E-state index in [2.05, 4.69) is 22.5 Å². The fourth-order valence-electron chi connectivity index (χ4n) is 7.01. The van der Waals surface area contributed by atoms with Crippen LogP contribution in [0.3, 0.4) is 0 Å². The van der Waals surface area contributed by atoms with E-state index in [1.165, 1.54) is 38.5 Å². The Bertz CT molecular complexity index is 724. The Hall–Kier alpha value is -1.82. The fourth-order valence-corrected chi connectivity index (χ4v) is 7.01. The highest BCUT2D eigenvalue weighted by atomic mass is 16.6. The van der Waals surface area contributed by atoms with E-state index in [0.29, 0.717) is 11.1 Å². The molecule has 1 unspecified atom stereocenters. The molecule has 4 bridgehead atoms. The van der Waals surface area contributed by atoms with Crippen molar-refractivity contribution >= 4 is 17.1 Å². The monoisotopic (exact) mass is 384 g/mol. The SMILES string of the molecule is CC(Nc1cc(N2CCNCC2)ccc1[N+](=O)[O-])C12CC3CC(CC(C3)C1)C2. The Morgan fingerprint density at radius 3 is 2.32 bits per heavy atom. The van der Waals surface area contributed by atoms with Crippen molar-refractivity contribution in [2.45, 2.75) is 51.5 Å². The smallest absolute Gasteiger partial charge is 0.292 e. The van der Waals surface area contributed by atoms with E-state index >= 15 is 0 Å². The summed E-state index contributed by atoms with van der Waals surface area (Å²) in [5.74, 6) is 2.66. The van der Waals surface area contributed by atoms with Crippen LogP contribution in [-0.4, -0.2) is 37.1 Å². The number of anilines is 2. The van der Waals surface area contributed by atoms with Crippen molar-refractivity contribution in [3.8, 4) is 0 Å². The lowest BCUT2D eigenvalue weighted by atomic mass is 9.48. The zero-order chi connectivity index (χ0) is 19.3. The number of rotatable bonds is 5. The van der Waals surface area contributed by atoms with Crippen molar-refractivity contribution in [3.63, 3.8) is 0 Å². The molecule has 1 heterocycles. The van der Waals surface area contributed by atoms with Gasteiger partial charge in [-0.2, -0.15) is 0 Å². The quantitative estimate of drug-likeness (QED) is 0.593. The van der Waals surface area contributed by atoms with Gasteiger partial charge in [-0.05, 0) is 80.8 Å². The molecule has 0 radical (unpaired) electrons. The van der Waals surface area contributed by atoms with Crippen LogP contribution in [0.2, 0.25) is 0 Å². The van der Waals surface area contributed by atoms with Crippen molar-refractivity contribution < 1.29 is 4.92 Å². The van der Waals surface area contributed by atoms with Crippen LogP contribution in [0.4, 0.5) is 17.1 Å². The van der Waals surface area contributed by atoms with Crippen LogP contribution in [0, 0.1) is 33.3 Å². The molecule has 1 aliphatic heterocycles. The lowest BCUT2D eigenvalue weighted by Crippen LogP contribution is -2.52. The van der Waals surface area contributed by atoms with Crippen molar-refractivity contribution in [2.75, 3.05) is 36.4 Å². The van der Waals surface area contributed by atoms with Crippen molar-refractivity contribution in [3.05, 3.63) is 28.3 Å². The summed E-state index contributed by atoms with van der Waals surface area (Å²) in [4.78, 5) is 13.8. The Labute approximate surface area is 167 Å². The molecule has 4 saturated carbocycles. The zero-order valence-corrected chi connectivity index (χ0v) is 16.8. The normalized spacial score (nSPS) is 35.0. The summed E-state index contributed by atoms with van der Waals surface area (Å²) in [6.07, 6.45) is 8.18. The third-order valence-corrected chi connectivity index (χ3v) is 8.04. The second-order valence-corrected chi connectivity index (χ2v) is 9.84. The molecular formula is C22H32N4O2. The van der Waals surface area contributed by atoms with E-state index in [1.54, 1.807) is 6.07 Å². The fraction of sp³-hybridized carbons (Fsp3) is 0.727. The second-order valence-electron chi connectivity index (χ2n) is 9.84. The Morgan fingerprint density at radius 2 is 1.75 bits per heavy atom. The van der Waals surface area contributed by atoms with E-state index in [-0.39, 0.29) is 16.7 Å². The molecule has 5 aliphatic rings. The van der Waals surface area contributed by atoms with Gasteiger partial charge in [-0.1, -0.05) is 0 Å². The number of nitro benzene ring substituents is 1. The molecule has 6 rings (SSSR count). The summed E-state index contributed by atoms with van der Waals surface area (Å²) >= 11 is 0. The lowest BCUT2D eigenvalue weighted by molar-refractivity contribution is -0.384. The molecule has 6 heteroatoms. The van der Waals surface area contributed by atoms with E-state index in [9.17, 15) is 10.1 Å². The van der Waals surface area contributed by atoms with Gasteiger partial charge in [0, 0.05) is 44.0 Å². The maximum absolute atomic E-state index is 11.7. The number of benzene rings is 1. The maximum atomic E-state index is 11.7. The highest BCUT2D eigenvalue weighted by Gasteiger charge is 2.53. The summed E-state index contributed by atoms with van der Waals surface area (Å²) in [6, 6.07) is 5.88. The second kappa shape index (κ2) is 6.90. The standard InChI is InChI=1S/C22H32N4O2/c1-15(22-12-16-8-17(13-22)10-18(9-16)14-22)24-20-11-19(2-3-21(20)26(27)28)25-6-4-23-5-7-25/h2-3,11,15-18,23-24H,4-10,12-14H2,1H3. The van der Waals surface area contributed by atoms with E-state index in [1.807, 2.05) is 12.1 Å². The molecule has 1 saturated heterocycles. The van der Waals surface area contributed by atoms with E-state index in [0.717, 1.165) is 49.6 Å². The van der Waals surface area contributed by atoms with Gasteiger partial charge in [0.2, 0.25) is 0 Å². The van der Waals surface area contributed by atoms with Gasteiger partial charge in [0.05, 0.1) is 4.92 Å². The highest BCUT2D eigenvalue weighted by molar-refractivity contribution is 5.69. The molecule has 152 valence electrons. The summed E-state index contributed by atoms with van der Waals surface area (Å²) < 4.78 is 0. The van der Waals surface area contributed by atoms with Crippen molar-refractivity contribution in [1.29, 1.82) is 0 Å². The third kappa shape index (κ3) is 3.15. The minimum absolute atomic E-state index is 0.204. The molecule has 4 aliphatic carbocycles.